The van der Waals surface area contributed by atoms with E-state index in [1.54, 1.807) is 6.20 Å². The minimum absolute atomic E-state index is 0.440. The van der Waals surface area contributed by atoms with Crippen LogP contribution in [0.5, 0.6) is 0 Å². The van der Waals surface area contributed by atoms with Crippen LogP contribution in [0.1, 0.15) is 37.9 Å². The van der Waals surface area contributed by atoms with Crippen LogP contribution in [-0.4, -0.2) is 4.98 Å². The lowest BCUT2D eigenvalue weighted by atomic mass is 10.2. The molecule has 2 aromatic rings. The molecule has 1 aliphatic rings. The van der Waals surface area contributed by atoms with E-state index in [1.165, 1.54) is 0 Å². The van der Waals surface area contributed by atoms with E-state index in [0.29, 0.717) is 5.92 Å². The Morgan fingerprint density at radius 1 is 1.41 bits per heavy atom. The second-order valence-corrected chi connectivity index (χ2v) is 5.38. The van der Waals surface area contributed by atoms with Crippen LogP contribution in [0.15, 0.2) is 31.0 Å². The molecule has 0 radical (unpaired) electrons. The monoisotopic (exact) mass is 317 g/mol. The lowest BCUT2D eigenvalue weighted by Crippen LogP contribution is -2.03. The average molecular weight is 318 g/mol. The molecule has 0 atom stereocenters. The minimum atomic E-state index is 0.440. The van der Waals surface area contributed by atoms with Crippen LogP contribution in [0.3, 0.4) is 0 Å². The van der Waals surface area contributed by atoms with Gasteiger partial charge in [-0.2, -0.15) is 5.26 Å². The maximum absolute atomic E-state index is 7.96. The summed E-state index contributed by atoms with van der Waals surface area (Å²) in [6.45, 7) is 10.4. The zero-order valence-corrected chi connectivity index (χ0v) is 14.3. The van der Waals surface area contributed by atoms with Crippen molar-refractivity contribution in [2.24, 2.45) is 5.92 Å². The number of nitriles is 1. The summed E-state index contributed by atoms with van der Waals surface area (Å²) in [5.74, 6) is 0.440. The number of aromatic nitrogens is 1. The predicted molar refractivity (Wildman–Crippen MR) is 94.8 cm³/mol. The summed E-state index contributed by atoms with van der Waals surface area (Å²) in [4.78, 5) is 3.33. The SMILES string of the molecule is C=CNCc1cc2cc(Cl)c(C)cc2[nH]1.CC.N#CC1CC1. The van der Waals surface area contributed by atoms with Gasteiger partial charge in [0.05, 0.1) is 12.6 Å². The fraction of sp³-hybridized carbons (Fsp3) is 0.389. The van der Waals surface area contributed by atoms with Gasteiger partial charge >= 0.3 is 0 Å². The van der Waals surface area contributed by atoms with Crippen LogP contribution in [0.4, 0.5) is 0 Å². The van der Waals surface area contributed by atoms with Gasteiger partial charge in [-0.05, 0) is 49.7 Å². The Morgan fingerprint density at radius 2 is 2.09 bits per heavy atom. The molecule has 1 fully saturated rings. The molecule has 118 valence electrons. The van der Waals surface area contributed by atoms with Crippen LogP contribution in [0.25, 0.3) is 10.9 Å². The van der Waals surface area contributed by atoms with Gasteiger partial charge in [0.1, 0.15) is 0 Å². The topological polar surface area (TPSA) is 51.6 Å². The standard InChI is InChI=1S/C12H13ClN2.C4H5N.C2H6/c1-3-14-7-10-5-9-6-11(13)8(2)4-12(9)15-10;5-3-4-1-2-4;1-2/h3-6,14-15H,1,7H2,2H3;4H,1-2H2;1-2H3. The summed E-state index contributed by atoms with van der Waals surface area (Å²) in [6, 6.07) is 8.28. The summed E-state index contributed by atoms with van der Waals surface area (Å²) in [5, 5.41) is 13.0. The quantitative estimate of drug-likeness (QED) is 0.806. The molecule has 0 bridgehead atoms. The molecule has 0 aliphatic heterocycles. The Balaban J connectivity index is 0.000000289. The number of nitrogens with one attached hydrogen (secondary N) is 2. The molecule has 1 heterocycles. The van der Waals surface area contributed by atoms with Crippen LogP contribution in [0, 0.1) is 24.2 Å². The van der Waals surface area contributed by atoms with E-state index in [2.05, 4.69) is 35.1 Å². The zero-order chi connectivity index (χ0) is 16.5. The Hall–Kier alpha value is -1.92. The first-order valence-electron chi connectivity index (χ1n) is 7.65. The third-order valence-corrected chi connectivity index (χ3v) is 3.56. The number of hydrogen-bond donors (Lipinski definition) is 2. The number of nitrogens with zero attached hydrogens (tertiary/aromatic N) is 1. The first-order valence-corrected chi connectivity index (χ1v) is 8.03. The smallest absolute Gasteiger partial charge is 0.0655 e. The van der Waals surface area contributed by atoms with Gasteiger partial charge < -0.3 is 10.3 Å². The molecule has 3 rings (SSSR count). The summed E-state index contributed by atoms with van der Waals surface area (Å²) in [5.41, 5.74) is 3.35. The van der Waals surface area contributed by atoms with Crippen LogP contribution in [0.2, 0.25) is 5.02 Å². The van der Waals surface area contributed by atoms with Gasteiger partial charge in [0, 0.05) is 27.5 Å². The predicted octanol–water partition coefficient (Wildman–Crippen LogP) is 5.31. The third kappa shape index (κ3) is 5.46. The molecule has 1 aromatic heterocycles. The van der Waals surface area contributed by atoms with Crippen LogP contribution in [-0.2, 0) is 6.54 Å². The first-order chi connectivity index (χ1) is 10.6. The van der Waals surface area contributed by atoms with Crippen molar-refractivity contribution in [3.63, 3.8) is 0 Å². The van der Waals surface area contributed by atoms with Crippen molar-refractivity contribution in [3.8, 4) is 6.07 Å². The number of benzene rings is 1. The normalized spacial score (nSPS) is 12.3. The van der Waals surface area contributed by atoms with Crippen molar-refractivity contribution in [1.29, 1.82) is 5.26 Å². The second-order valence-electron chi connectivity index (χ2n) is 4.97. The Labute approximate surface area is 138 Å². The molecule has 0 spiro atoms. The molecule has 0 saturated heterocycles. The fourth-order valence-electron chi connectivity index (χ4n) is 1.81. The number of hydrogen-bond acceptors (Lipinski definition) is 2. The van der Waals surface area contributed by atoms with E-state index in [9.17, 15) is 0 Å². The minimum Gasteiger partial charge on any atom is -0.386 e. The average Bonchev–Trinajstić information content (AvgIpc) is 3.30. The molecular formula is C18H24ClN3. The number of rotatable bonds is 3. The second kappa shape index (κ2) is 9.17. The van der Waals surface area contributed by atoms with E-state index >= 15 is 0 Å². The Morgan fingerprint density at radius 3 is 2.59 bits per heavy atom. The molecule has 1 aliphatic carbocycles. The Kier molecular flexibility index (Phi) is 7.56. The zero-order valence-electron chi connectivity index (χ0n) is 13.5. The molecule has 1 saturated carbocycles. The molecule has 0 unspecified atom stereocenters. The molecule has 1 aromatic carbocycles. The van der Waals surface area contributed by atoms with Crippen molar-refractivity contribution >= 4 is 22.5 Å². The highest BCUT2D eigenvalue weighted by molar-refractivity contribution is 6.32. The largest absolute Gasteiger partial charge is 0.386 e. The lowest BCUT2D eigenvalue weighted by Gasteiger charge is -1.96. The van der Waals surface area contributed by atoms with Gasteiger partial charge in [-0.1, -0.05) is 32.0 Å². The third-order valence-electron chi connectivity index (χ3n) is 3.15. The van der Waals surface area contributed by atoms with Crippen LogP contribution < -0.4 is 5.32 Å². The van der Waals surface area contributed by atoms with Gasteiger partial charge in [-0.25, -0.2) is 0 Å². The lowest BCUT2D eigenvalue weighted by molar-refractivity contribution is 0.849. The number of fused-ring (bicyclic) bond motifs is 1. The summed E-state index contributed by atoms with van der Waals surface area (Å²) < 4.78 is 0. The molecule has 0 amide bonds. The van der Waals surface area contributed by atoms with Gasteiger partial charge in [0.2, 0.25) is 0 Å². The number of H-pyrrole nitrogens is 1. The van der Waals surface area contributed by atoms with Gasteiger partial charge in [0.25, 0.3) is 0 Å². The van der Waals surface area contributed by atoms with E-state index in [0.717, 1.165) is 46.6 Å². The highest BCUT2D eigenvalue weighted by Crippen LogP contribution is 2.26. The van der Waals surface area contributed by atoms with E-state index in [-0.39, 0.29) is 0 Å². The first kappa shape index (κ1) is 18.1. The van der Waals surface area contributed by atoms with Crippen molar-refractivity contribution < 1.29 is 0 Å². The summed E-state index contributed by atoms with van der Waals surface area (Å²) >= 11 is 6.06. The molecule has 22 heavy (non-hydrogen) atoms. The highest BCUT2D eigenvalue weighted by atomic mass is 35.5. The van der Waals surface area contributed by atoms with Gasteiger partial charge in [0.15, 0.2) is 0 Å². The van der Waals surface area contributed by atoms with E-state index < -0.39 is 0 Å². The van der Waals surface area contributed by atoms with Gasteiger partial charge in [-0.3, -0.25) is 0 Å². The molecule has 4 heteroatoms. The number of aromatic amines is 1. The maximum Gasteiger partial charge on any atom is 0.0655 e. The van der Waals surface area contributed by atoms with Crippen molar-refractivity contribution in [1.82, 2.24) is 10.3 Å². The molecule has 3 nitrogen and oxygen atoms in total. The van der Waals surface area contributed by atoms with Crippen molar-refractivity contribution in [2.75, 3.05) is 0 Å². The molecule has 2 N–H and O–H groups in total. The maximum atomic E-state index is 7.96. The highest BCUT2D eigenvalue weighted by Gasteiger charge is 2.19. The van der Waals surface area contributed by atoms with E-state index in [4.69, 9.17) is 16.9 Å². The number of aryl methyl sites for hydroxylation is 1. The Bertz CT molecular complexity index is 609. The fourth-order valence-corrected chi connectivity index (χ4v) is 1.98. The van der Waals surface area contributed by atoms with E-state index in [1.807, 2.05) is 26.8 Å². The van der Waals surface area contributed by atoms with Gasteiger partial charge in [-0.15, -0.1) is 0 Å². The number of halogens is 1. The van der Waals surface area contributed by atoms with Crippen molar-refractivity contribution in [3.05, 3.63) is 47.3 Å². The summed E-state index contributed by atoms with van der Waals surface area (Å²) in [7, 11) is 0. The molecular weight excluding hydrogens is 294 g/mol. The summed E-state index contributed by atoms with van der Waals surface area (Å²) in [6.07, 6.45) is 3.98. The van der Waals surface area contributed by atoms with Crippen molar-refractivity contribution in [2.45, 2.75) is 40.2 Å². The van der Waals surface area contributed by atoms with Crippen LogP contribution >= 0.6 is 11.6 Å².